The molecule has 0 radical (unpaired) electrons. The highest BCUT2D eigenvalue weighted by molar-refractivity contribution is 7.88. The molecule has 1 N–H and O–H groups in total. The zero-order valence-corrected chi connectivity index (χ0v) is 13.6. The monoisotopic (exact) mass is 306 g/mol. The Balaban J connectivity index is 2.34. The Bertz CT molecular complexity index is 414. The quantitative estimate of drug-likeness (QED) is 0.779. The van der Waals surface area contributed by atoms with Gasteiger partial charge >= 0.3 is 0 Å². The Hall–Kier alpha value is -0.660. The molecule has 0 spiro atoms. The smallest absolute Gasteiger partial charge is 0.249 e. The van der Waals surface area contributed by atoms with E-state index in [-0.39, 0.29) is 11.9 Å². The minimum atomic E-state index is -3.12. The van der Waals surface area contributed by atoms with Crippen LogP contribution in [-0.4, -0.2) is 56.7 Å². The number of nitrogens with zero attached hydrogens (tertiary/aromatic N) is 1. The number of hydrogen-bond acceptors (Lipinski definition) is 4. The van der Waals surface area contributed by atoms with Crippen LogP contribution < -0.4 is 5.32 Å². The van der Waals surface area contributed by atoms with Crippen LogP contribution in [0, 0.1) is 5.92 Å². The molecule has 0 bridgehead atoms. The van der Waals surface area contributed by atoms with Gasteiger partial charge in [-0.15, -0.1) is 0 Å². The van der Waals surface area contributed by atoms with Crippen molar-refractivity contribution in [1.29, 1.82) is 0 Å². The molecule has 0 unspecified atom stereocenters. The van der Waals surface area contributed by atoms with Crippen molar-refractivity contribution >= 4 is 15.9 Å². The number of carbonyl (C=O) groups is 1. The molecule has 0 aromatic heterocycles. The molecule has 7 heteroatoms. The number of ether oxygens (including phenoxy) is 1. The van der Waals surface area contributed by atoms with Crippen LogP contribution >= 0.6 is 0 Å². The van der Waals surface area contributed by atoms with E-state index in [1.54, 1.807) is 6.92 Å². The second-order valence-electron chi connectivity index (χ2n) is 5.81. The van der Waals surface area contributed by atoms with Crippen LogP contribution in [0.3, 0.4) is 0 Å². The maximum absolute atomic E-state index is 11.9. The summed E-state index contributed by atoms with van der Waals surface area (Å²) in [6, 6.07) is 0.0330. The van der Waals surface area contributed by atoms with Gasteiger partial charge in [0.2, 0.25) is 15.9 Å². The fraction of sp³-hybridized carbons (Fsp3) is 0.923. The molecule has 1 amide bonds. The van der Waals surface area contributed by atoms with Crippen molar-refractivity contribution in [2.45, 2.75) is 45.8 Å². The van der Waals surface area contributed by atoms with Gasteiger partial charge in [0.1, 0.15) is 6.10 Å². The van der Waals surface area contributed by atoms with Gasteiger partial charge in [-0.25, -0.2) is 12.7 Å². The summed E-state index contributed by atoms with van der Waals surface area (Å²) in [6.45, 7) is 7.29. The van der Waals surface area contributed by atoms with Crippen LogP contribution in [-0.2, 0) is 19.6 Å². The van der Waals surface area contributed by atoms with E-state index in [0.29, 0.717) is 38.5 Å². The second-order valence-corrected chi connectivity index (χ2v) is 7.80. The van der Waals surface area contributed by atoms with Gasteiger partial charge in [0, 0.05) is 25.7 Å². The zero-order chi connectivity index (χ0) is 15.3. The van der Waals surface area contributed by atoms with Gasteiger partial charge in [0.25, 0.3) is 0 Å². The van der Waals surface area contributed by atoms with Crippen molar-refractivity contribution in [1.82, 2.24) is 9.62 Å². The number of sulfonamides is 1. The first-order chi connectivity index (χ1) is 9.20. The average Bonchev–Trinajstić information content (AvgIpc) is 2.35. The van der Waals surface area contributed by atoms with E-state index in [1.165, 1.54) is 10.6 Å². The van der Waals surface area contributed by atoms with Crippen LogP contribution in [0.25, 0.3) is 0 Å². The van der Waals surface area contributed by atoms with Crippen LogP contribution in [0.2, 0.25) is 0 Å². The van der Waals surface area contributed by atoms with Crippen LogP contribution in [0.4, 0.5) is 0 Å². The van der Waals surface area contributed by atoms with E-state index < -0.39 is 16.1 Å². The van der Waals surface area contributed by atoms with Crippen molar-refractivity contribution in [3.8, 4) is 0 Å². The summed E-state index contributed by atoms with van der Waals surface area (Å²) >= 11 is 0. The summed E-state index contributed by atoms with van der Waals surface area (Å²) in [5, 5.41) is 2.93. The largest absolute Gasteiger partial charge is 0.368 e. The van der Waals surface area contributed by atoms with Crippen LogP contribution in [0.15, 0.2) is 0 Å². The molecular formula is C13H26N2O4S. The lowest BCUT2D eigenvalue weighted by atomic mass is 10.1. The van der Waals surface area contributed by atoms with Crippen LogP contribution in [0.1, 0.15) is 33.6 Å². The van der Waals surface area contributed by atoms with Crippen molar-refractivity contribution in [3.05, 3.63) is 0 Å². The first kappa shape index (κ1) is 17.4. The van der Waals surface area contributed by atoms with Crippen molar-refractivity contribution in [2.24, 2.45) is 5.92 Å². The first-order valence-corrected chi connectivity index (χ1v) is 8.92. The minimum absolute atomic E-state index is 0.0330. The molecule has 1 aliphatic rings. The third-order valence-electron chi connectivity index (χ3n) is 3.32. The lowest BCUT2D eigenvalue weighted by molar-refractivity contribution is -0.133. The van der Waals surface area contributed by atoms with E-state index >= 15 is 0 Å². The normalized spacial score (nSPS) is 20.1. The fourth-order valence-electron chi connectivity index (χ4n) is 2.06. The molecule has 6 nitrogen and oxygen atoms in total. The fourth-order valence-corrected chi connectivity index (χ4v) is 2.94. The average molecular weight is 306 g/mol. The van der Waals surface area contributed by atoms with E-state index in [1.807, 2.05) is 13.8 Å². The Morgan fingerprint density at radius 3 is 2.30 bits per heavy atom. The number of amides is 1. The third kappa shape index (κ3) is 5.76. The summed E-state index contributed by atoms with van der Waals surface area (Å²) in [5.41, 5.74) is 0. The molecule has 1 heterocycles. The summed E-state index contributed by atoms with van der Waals surface area (Å²) in [6.07, 6.45) is 2.05. The standard InChI is InChI=1S/C13H26N2O4S/c1-10(2)9-19-11(3)13(16)14-12-5-7-15(8-6-12)20(4,17)18/h10-12H,5-9H2,1-4H3,(H,14,16)/t11-/m1/s1. The molecule has 0 aromatic rings. The predicted molar refractivity (Wildman–Crippen MR) is 77.8 cm³/mol. The summed E-state index contributed by atoms with van der Waals surface area (Å²) in [5.74, 6) is 0.270. The van der Waals surface area contributed by atoms with Gasteiger partial charge in [-0.2, -0.15) is 0 Å². The van der Waals surface area contributed by atoms with Crippen molar-refractivity contribution < 1.29 is 17.9 Å². The first-order valence-electron chi connectivity index (χ1n) is 7.07. The highest BCUT2D eigenvalue weighted by Gasteiger charge is 2.26. The number of hydrogen-bond donors (Lipinski definition) is 1. The van der Waals surface area contributed by atoms with Crippen molar-refractivity contribution in [2.75, 3.05) is 26.0 Å². The van der Waals surface area contributed by atoms with Crippen LogP contribution in [0.5, 0.6) is 0 Å². The highest BCUT2D eigenvalue weighted by atomic mass is 32.2. The van der Waals surface area contributed by atoms with Gasteiger partial charge in [-0.1, -0.05) is 13.8 Å². The van der Waals surface area contributed by atoms with Gasteiger partial charge < -0.3 is 10.1 Å². The van der Waals surface area contributed by atoms with E-state index in [9.17, 15) is 13.2 Å². The predicted octanol–water partition coefficient (Wildman–Crippen LogP) is 0.588. The Labute approximate surface area is 121 Å². The molecule has 1 rings (SSSR count). The molecule has 1 atom stereocenters. The number of rotatable bonds is 6. The molecule has 118 valence electrons. The van der Waals surface area contributed by atoms with Gasteiger partial charge in [-0.05, 0) is 25.7 Å². The number of nitrogens with one attached hydrogen (secondary N) is 1. The maximum Gasteiger partial charge on any atom is 0.249 e. The van der Waals surface area contributed by atoms with E-state index in [0.717, 1.165) is 0 Å². The molecule has 1 saturated heterocycles. The van der Waals surface area contributed by atoms with E-state index in [4.69, 9.17) is 4.74 Å². The minimum Gasteiger partial charge on any atom is -0.368 e. The lowest BCUT2D eigenvalue weighted by Gasteiger charge is -2.31. The van der Waals surface area contributed by atoms with Gasteiger partial charge in [0.15, 0.2) is 0 Å². The maximum atomic E-state index is 11.9. The molecule has 0 aliphatic carbocycles. The summed E-state index contributed by atoms with van der Waals surface area (Å²) in [4.78, 5) is 11.9. The second kappa shape index (κ2) is 7.38. The summed E-state index contributed by atoms with van der Waals surface area (Å²) < 4.78 is 29.7. The zero-order valence-electron chi connectivity index (χ0n) is 12.8. The molecule has 20 heavy (non-hydrogen) atoms. The highest BCUT2D eigenvalue weighted by Crippen LogP contribution is 2.13. The molecule has 0 aromatic carbocycles. The van der Waals surface area contributed by atoms with Gasteiger partial charge in [0.05, 0.1) is 6.26 Å². The Morgan fingerprint density at radius 1 is 1.30 bits per heavy atom. The summed E-state index contributed by atoms with van der Waals surface area (Å²) in [7, 11) is -3.12. The molecule has 1 aliphatic heterocycles. The topological polar surface area (TPSA) is 75.7 Å². The third-order valence-corrected chi connectivity index (χ3v) is 4.62. The molecule has 1 fully saturated rings. The SMILES string of the molecule is CC(C)CO[C@H](C)C(=O)NC1CCN(S(C)(=O)=O)CC1. The van der Waals surface area contributed by atoms with Gasteiger partial charge in [-0.3, -0.25) is 4.79 Å². The lowest BCUT2D eigenvalue weighted by Crippen LogP contribution is -2.48. The Morgan fingerprint density at radius 2 is 1.85 bits per heavy atom. The molecule has 0 saturated carbocycles. The van der Waals surface area contributed by atoms with Crippen molar-refractivity contribution in [3.63, 3.8) is 0 Å². The number of carbonyl (C=O) groups excluding carboxylic acids is 1. The Kier molecular flexibility index (Phi) is 6.42. The molecular weight excluding hydrogens is 280 g/mol. The number of piperidine rings is 1. The van der Waals surface area contributed by atoms with E-state index in [2.05, 4.69) is 5.32 Å².